The van der Waals surface area contributed by atoms with Gasteiger partial charge in [-0.15, -0.1) is 0 Å². The molecule has 34 heteroatoms. The smallest absolute Gasteiger partial charge is 0.726 e. The third kappa shape index (κ3) is 14.1. The Hall–Kier alpha value is -0.800. The Morgan fingerprint density at radius 2 is 1.02 bits per heavy atom. The van der Waals surface area contributed by atoms with Gasteiger partial charge in [0, 0.05) is 5.92 Å². The van der Waals surface area contributed by atoms with Crippen molar-refractivity contribution in [3.63, 3.8) is 0 Å². The van der Waals surface area contributed by atoms with Crippen LogP contribution in [0, 0.1) is 34.5 Å². The fraction of sp³-hybridized carbons (Fsp3) is 0.946. The molecule has 0 radical (unpaired) electrons. The number of carbonyl (C=O) groups is 1. The van der Waals surface area contributed by atoms with Crippen LogP contribution in [-0.4, -0.2) is 306 Å². The minimum atomic E-state index is -5.13. The molecule has 21 unspecified atom stereocenters. The third-order valence-corrected chi connectivity index (χ3v) is 21.5. The van der Waals surface area contributed by atoms with Crippen molar-refractivity contribution in [2.75, 3.05) is 19.8 Å². The number of hydrogen-bond acceptors (Lipinski definition) is 32. The molecule has 0 aromatic rings. The predicted molar refractivity (Wildman–Crippen MR) is 287 cm³/mol. The Labute approximate surface area is 541 Å². The molecule has 90 heavy (non-hydrogen) atoms. The molecule has 37 atom stereocenters. The number of rotatable bonds is 17. The normalized spacial score (nSPS) is 53.3. The standard InChI is InChI=1S/C56H90O32S.Na/c1-18(59)24-7-8-25-23-14-28(27-13-22(88-89(73,74)75)9-11-56(27,6)26(23)10-12-55(24,25)5)80-51-43(71)46(34(62)20(3)78-51)85-53-47(86-49-41(69)38(66)32(60)19(2)77-49)37(65)31(17-76-53)83-54-48(40(68)36(64)30(16-58)82-54)87-52-44(72)45(33(61)21(4)79-52)84-50-42(70)39(67)35(63)29(15-57)81-50;/h10,19-25,27-54,57-58,60-72H,7-9,11-17H2,1-6H3,(H,73,74,75);/q;+1/p-1/t19?,20?,21?,22-,23?,24+,25?,27?,28?,29?,30?,31+,32+,33+,34+,35-,36-,37?,38?,39?,40?,41?,42?,43?,44?,45?,46?,47?,48?,49-,50-,51+,52-,53-,54+,55+,56+;/m0./s1. The first-order chi connectivity index (χ1) is 41.8. The summed E-state index contributed by atoms with van der Waals surface area (Å²) in [5.41, 5.74) is 0.119. The van der Waals surface area contributed by atoms with Gasteiger partial charge in [-0.3, -0.25) is 8.98 Å². The van der Waals surface area contributed by atoms with E-state index in [1.165, 1.54) is 20.8 Å². The molecule has 15 N–H and O–H groups in total. The maximum absolute atomic E-state index is 13.1. The molecule has 32 nitrogen and oxygen atoms in total. The Kier molecular flexibility index (Phi) is 23.6. The molecule has 0 aromatic carbocycles. The van der Waals surface area contributed by atoms with Crippen LogP contribution < -0.4 is 29.6 Å². The topological polar surface area (TPSA) is 498 Å². The van der Waals surface area contributed by atoms with E-state index in [1.54, 1.807) is 6.92 Å². The van der Waals surface area contributed by atoms with E-state index in [0.717, 1.165) is 12.0 Å². The zero-order chi connectivity index (χ0) is 64.8. The average Bonchev–Trinajstić information content (AvgIpc) is 1.27. The van der Waals surface area contributed by atoms with Gasteiger partial charge in [-0.25, -0.2) is 8.42 Å². The monoisotopic (exact) mass is 1330 g/mol. The quantitative estimate of drug-likeness (QED) is 0.0278. The zero-order valence-electron chi connectivity index (χ0n) is 50.9. The van der Waals surface area contributed by atoms with E-state index in [0.29, 0.717) is 25.7 Å². The van der Waals surface area contributed by atoms with Crippen LogP contribution in [0.15, 0.2) is 11.6 Å². The van der Waals surface area contributed by atoms with Crippen LogP contribution in [0.2, 0.25) is 0 Å². The Morgan fingerprint density at radius 1 is 0.544 bits per heavy atom. The largest absolute Gasteiger partial charge is 1.00 e. The molecule has 0 amide bonds. The second kappa shape index (κ2) is 29.0. The van der Waals surface area contributed by atoms with E-state index >= 15 is 0 Å². The Balaban J connectivity index is 0.00000960. The van der Waals surface area contributed by atoms with Crippen molar-refractivity contribution < 1.29 is 185 Å². The summed E-state index contributed by atoms with van der Waals surface area (Å²) in [5.74, 6) is -0.703. The van der Waals surface area contributed by atoms with Gasteiger partial charge in [0.25, 0.3) is 0 Å². The van der Waals surface area contributed by atoms with E-state index in [2.05, 4.69) is 19.9 Å². The average molecular weight is 1330 g/mol. The predicted octanol–water partition coefficient (Wildman–Crippen LogP) is -9.36. The molecule has 0 aromatic heterocycles. The number of aliphatic hydroxyl groups is 15. The van der Waals surface area contributed by atoms with E-state index in [1.807, 2.05) is 0 Å². The van der Waals surface area contributed by atoms with Gasteiger partial charge in [0.15, 0.2) is 37.7 Å². The summed E-state index contributed by atoms with van der Waals surface area (Å²) in [4.78, 5) is 13.1. The Bertz CT molecular complexity index is 2560. The van der Waals surface area contributed by atoms with Crippen LogP contribution in [0.25, 0.3) is 0 Å². The van der Waals surface area contributed by atoms with Crippen LogP contribution in [0.3, 0.4) is 0 Å². The minimum absolute atomic E-state index is 0. The van der Waals surface area contributed by atoms with Crippen molar-refractivity contribution in [2.45, 2.75) is 277 Å². The van der Waals surface area contributed by atoms with Gasteiger partial charge in [0.2, 0.25) is 10.4 Å². The molecule has 6 heterocycles. The van der Waals surface area contributed by atoms with Crippen LogP contribution in [-0.2, 0) is 76.2 Å². The van der Waals surface area contributed by atoms with Crippen LogP contribution in [0.4, 0.5) is 0 Å². The first-order valence-corrected chi connectivity index (χ1v) is 31.9. The number of ketones is 1. The van der Waals surface area contributed by atoms with Crippen molar-refractivity contribution in [2.24, 2.45) is 34.5 Å². The molecule has 3 saturated carbocycles. The Morgan fingerprint density at radius 3 is 1.59 bits per heavy atom. The van der Waals surface area contributed by atoms with Crippen molar-refractivity contribution >= 4 is 16.2 Å². The van der Waals surface area contributed by atoms with E-state index in [-0.39, 0.29) is 71.4 Å². The summed E-state index contributed by atoms with van der Waals surface area (Å²) in [5, 5.41) is 166. The fourth-order valence-electron chi connectivity index (χ4n) is 15.8. The second-order valence-corrected chi connectivity index (χ2v) is 27.4. The number of Topliss-reactive ketones (excluding diaryl/α,β-unsaturated/α-hetero) is 1. The fourth-order valence-corrected chi connectivity index (χ4v) is 16.3. The number of carbonyl (C=O) groups excluding carboxylic acids is 1. The molecule has 512 valence electrons. The SMILES string of the molecule is CC(=O)[C@H]1CCC2C3CC(O[C@H]4OC(C)[C@@H](O)C(O[C@@H]5OC[C@@H](O[C@H]6OC(CO)[C@H](O)C(O)C6O[C@@H]6OC(C)[C@@H](O)C(O[C@@H]7OC(CO)[C@H](O)C(O)C7O)C6O)C(O)C5O[C@@H]5OC(C)[C@@H](O)C(O)C5O)C4O)C4C[C@@H](OS(=O)(=O)[O-])CC[C@]4(C)C3=CC[C@@]21C.[Na+]. The molecule has 9 fully saturated rings. The first-order valence-electron chi connectivity index (χ1n) is 30.6. The number of aliphatic hydroxyl groups excluding tert-OH is 15. The molecule has 0 spiro atoms. The van der Waals surface area contributed by atoms with Crippen molar-refractivity contribution in [3.8, 4) is 0 Å². The van der Waals surface area contributed by atoms with Gasteiger partial charge in [-0.1, -0.05) is 25.5 Å². The van der Waals surface area contributed by atoms with Crippen LogP contribution in [0.1, 0.15) is 86.5 Å². The summed E-state index contributed by atoms with van der Waals surface area (Å²) in [6.07, 6.45) is -48.5. The summed E-state index contributed by atoms with van der Waals surface area (Å²) in [7, 11) is -5.13. The summed E-state index contributed by atoms with van der Waals surface area (Å²) in [6.45, 7) is 7.37. The van der Waals surface area contributed by atoms with E-state index < -0.39 is 232 Å². The van der Waals surface area contributed by atoms with Crippen LogP contribution >= 0.6 is 0 Å². The van der Waals surface area contributed by atoms with Crippen molar-refractivity contribution in [1.82, 2.24) is 0 Å². The number of fused-ring (bicyclic) bond motifs is 5. The number of hydrogen-bond donors (Lipinski definition) is 15. The molecular formula is C56H89NaO32S. The third-order valence-electron chi connectivity index (χ3n) is 21.0. The minimum Gasteiger partial charge on any atom is -0.726 e. The molecule has 6 saturated heterocycles. The molecule has 6 aliphatic heterocycles. The summed E-state index contributed by atoms with van der Waals surface area (Å²) in [6, 6.07) is 0. The number of ether oxygens (including phenoxy) is 12. The summed E-state index contributed by atoms with van der Waals surface area (Å²) < 4.78 is 113. The second-order valence-electron chi connectivity index (χ2n) is 26.4. The van der Waals surface area contributed by atoms with E-state index in [4.69, 9.17) is 61.0 Å². The molecule has 10 rings (SSSR count). The van der Waals surface area contributed by atoms with Gasteiger partial charge in [0.05, 0.1) is 50.3 Å². The van der Waals surface area contributed by atoms with Crippen molar-refractivity contribution in [3.05, 3.63) is 11.6 Å². The van der Waals surface area contributed by atoms with Crippen LogP contribution in [0.5, 0.6) is 0 Å². The van der Waals surface area contributed by atoms with E-state index in [9.17, 15) is 94.4 Å². The summed E-state index contributed by atoms with van der Waals surface area (Å²) >= 11 is 0. The number of allylic oxidation sites excluding steroid dienone is 2. The van der Waals surface area contributed by atoms with Gasteiger partial charge in [-0.2, -0.15) is 0 Å². The maximum Gasteiger partial charge on any atom is 1.00 e. The van der Waals surface area contributed by atoms with Gasteiger partial charge < -0.3 is 138 Å². The molecular weight excluding hydrogens is 1240 g/mol. The maximum atomic E-state index is 13.1. The zero-order valence-corrected chi connectivity index (χ0v) is 53.7. The molecule has 0 bridgehead atoms. The van der Waals surface area contributed by atoms with Gasteiger partial charge >= 0.3 is 29.6 Å². The van der Waals surface area contributed by atoms with Gasteiger partial charge in [0.1, 0.15) is 128 Å². The molecule has 10 aliphatic rings. The van der Waals surface area contributed by atoms with Crippen molar-refractivity contribution in [1.29, 1.82) is 0 Å². The first kappa shape index (κ1) is 73.4. The molecule has 4 aliphatic carbocycles. The van der Waals surface area contributed by atoms with Gasteiger partial charge in [-0.05, 0) is 101 Å².